The van der Waals surface area contributed by atoms with Gasteiger partial charge in [0.1, 0.15) is 0 Å². The number of hydrogen-bond donors (Lipinski definition) is 1. The molecule has 96 valence electrons. The fourth-order valence-corrected chi connectivity index (χ4v) is 3.46. The van der Waals surface area contributed by atoms with Gasteiger partial charge in [0.05, 0.1) is 6.42 Å². The molecule has 2 aliphatic rings. The lowest BCUT2D eigenvalue weighted by Gasteiger charge is -2.27. The van der Waals surface area contributed by atoms with E-state index in [9.17, 15) is 9.59 Å². The average Bonchev–Trinajstić information content (AvgIpc) is 2.87. The first kappa shape index (κ1) is 12.4. The van der Waals surface area contributed by atoms with E-state index >= 15 is 0 Å². The Morgan fingerprint density at radius 2 is 2.00 bits per heavy atom. The molecule has 0 aliphatic heterocycles. The Morgan fingerprint density at radius 1 is 1.24 bits per heavy atom. The van der Waals surface area contributed by atoms with Crippen LogP contribution in [0.2, 0.25) is 0 Å². The minimum atomic E-state index is -0.897. The minimum absolute atomic E-state index is 0.0322. The van der Waals surface area contributed by atoms with Crippen molar-refractivity contribution in [3.05, 3.63) is 0 Å². The van der Waals surface area contributed by atoms with E-state index in [1.807, 2.05) is 0 Å². The van der Waals surface area contributed by atoms with Gasteiger partial charge in [-0.3, -0.25) is 9.59 Å². The van der Waals surface area contributed by atoms with Crippen LogP contribution < -0.4 is 0 Å². The number of carboxylic acids is 1. The van der Waals surface area contributed by atoms with Crippen LogP contribution in [0.15, 0.2) is 0 Å². The molecule has 3 unspecified atom stereocenters. The summed E-state index contributed by atoms with van der Waals surface area (Å²) in [7, 11) is 1.80. The molecule has 4 nitrogen and oxygen atoms in total. The predicted octanol–water partition coefficient (Wildman–Crippen LogP) is 1.75. The lowest BCUT2D eigenvalue weighted by molar-refractivity contribution is -0.140. The Hall–Kier alpha value is -1.06. The summed E-state index contributed by atoms with van der Waals surface area (Å²) in [6.07, 6.45) is 5.39. The van der Waals surface area contributed by atoms with Crippen molar-refractivity contribution in [3.8, 4) is 0 Å². The molecule has 0 spiro atoms. The van der Waals surface area contributed by atoms with Crippen LogP contribution in [0, 0.1) is 17.8 Å². The maximum absolute atomic E-state index is 11.7. The first-order valence-corrected chi connectivity index (χ1v) is 6.52. The van der Waals surface area contributed by atoms with Gasteiger partial charge in [-0.2, -0.15) is 0 Å². The number of amides is 1. The first-order valence-electron chi connectivity index (χ1n) is 6.52. The molecule has 0 aromatic rings. The van der Waals surface area contributed by atoms with Gasteiger partial charge in [-0.25, -0.2) is 0 Å². The highest BCUT2D eigenvalue weighted by Crippen LogP contribution is 2.48. The van der Waals surface area contributed by atoms with E-state index < -0.39 is 5.97 Å². The summed E-state index contributed by atoms with van der Waals surface area (Å²) in [6, 6.07) is 0. The van der Waals surface area contributed by atoms with E-state index in [0.717, 1.165) is 18.4 Å². The van der Waals surface area contributed by atoms with Crippen LogP contribution >= 0.6 is 0 Å². The molecule has 2 fully saturated rings. The Labute approximate surface area is 102 Å². The van der Waals surface area contributed by atoms with Crippen molar-refractivity contribution in [2.75, 3.05) is 13.6 Å². The molecule has 0 saturated heterocycles. The highest BCUT2D eigenvalue weighted by atomic mass is 16.4. The van der Waals surface area contributed by atoms with Crippen molar-refractivity contribution < 1.29 is 14.7 Å². The van der Waals surface area contributed by atoms with Crippen LogP contribution in [0.25, 0.3) is 0 Å². The molecular weight excluding hydrogens is 218 g/mol. The van der Waals surface area contributed by atoms with Crippen molar-refractivity contribution in [2.45, 2.75) is 38.5 Å². The second kappa shape index (κ2) is 5.07. The van der Waals surface area contributed by atoms with Gasteiger partial charge in [0, 0.05) is 20.0 Å². The van der Waals surface area contributed by atoms with E-state index in [1.54, 1.807) is 11.9 Å². The van der Waals surface area contributed by atoms with Gasteiger partial charge in [-0.15, -0.1) is 0 Å². The Balaban J connectivity index is 1.75. The zero-order valence-corrected chi connectivity index (χ0v) is 10.4. The predicted molar refractivity (Wildman–Crippen MR) is 63.4 cm³/mol. The van der Waals surface area contributed by atoms with E-state index in [-0.39, 0.29) is 18.7 Å². The van der Waals surface area contributed by atoms with Gasteiger partial charge in [-0.1, -0.05) is 6.42 Å². The monoisotopic (exact) mass is 239 g/mol. The second-order valence-electron chi connectivity index (χ2n) is 5.60. The van der Waals surface area contributed by atoms with Gasteiger partial charge >= 0.3 is 5.97 Å². The van der Waals surface area contributed by atoms with Crippen LogP contribution in [0.3, 0.4) is 0 Å². The molecule has 1 N–H and O–H groups in total. The smallest absolute Gasteiger partial charge is 0.303 e. The maximum Gasteiger partial charge on any atom is 0.303 e. The van der Waals surface area contributed by atoms with Crippen LogP contribution in [-0.2, 0) is 9.59 Å². The van der Waals surface area contributed by atoms with Crippen molar-refractivity contribution in [2.24, 2.45) is 17.8 Å². The second-order valence-corrected chi connectivity index (χ2v) is 5.60. The van der Waals surface area contributed by atoms with Gasteiger partial charge < -0.3 is 10.0 Å². The number of carboxylic acid groups (broad SMARTS) is 1. The quantitative estimate of drug-likeness (QED) is 0.795. The SMILES string of the molecule is CN(CC1CC2CCC1C2)C(=O)CCC(=O)O. The van der Waals surface area contributed by atoms with E-state index in [1.165, 1.54) is 25.7 Å². The molecule has 0 aromatic heterocycles. The summed E-state index contributed by atoms with van der Waals surface area (Å²) in [5, 5.41) is 8.54. The summed E-state index contributed by atoms with van der Waals surface area (Å²) in [5.74, 6) is 1.44. The van der Waals surface area contributed by atoms with Crippen molar-refractivity contribution in [1.29, 1.82) is 0 Å². The third-order valence-electron chi connectivity index (χ3n) is 4.37. The van der Waals surface area contributed by atoms with Crippen molar-refractivity contribution in [3.63, 3.8) is 0 Å². The van der Waals surface area contributed by atoms with Crippen LogP contribution in [0.4, 0.5) is 0 Å². The number of carbonyl (C=O) groups excluding carboxylic acids is 1. The Morgan fingerprint density at radius 3 is 2.53 bits per heavy atom. The molecule has 2 aliphatic carbocycles. The highest BCUT2D eigenvalue weighted by molar-refractivity contribution is 5.80. The molecule has 2 saturated carbocycles. The molecular formula is C13H21NO3. The number of nitrogens with zero attached hydrogens (tertiary/aromatic N) is 1. The van der Waals surface area contributed by atoms with Gasteiger partial charge in [-0.05, 0) is 37.0 Å². The molecule has 17 heavy (non-hydrogen) atoms. The summed E-state index contributed by atoms with van der Waals surface area (Å²) < 4.78 is 0. The van der Waals surface area contributed by atoms with Crippen LogP contribution in [-0.4, -0.2) is 35.5 Å². The summed E-state index contributed by atoms with van der Waals surface area (Å²) >= 11 is 0. The number of hydrogen-bond acceptors (Lipinski definition) is 2. The largest absolute Gasteiger partial charge is 0.481 e. The fourth-order valence-electron chi connectivity index (χ4n) is 3.46. The van der Waals surface area contributed by atoms with E-state index in [0.29, 0.717) is 5.92 Å². The average molecular weight is 239 g/mol. The standard InChI is InChI=1S/C13H21NO3/c1-14(12(15)4-5-13(16)17)8-11-7-9-2-3-10(11)6-9/h9-11H,2-8H2,1H3,(H,16,17). The van der Waals surface area contributed by atoms with Gasteiger partial charge in [0.15, 0.2) is 0 Å². The topological polar surface area (TPSA) is 57.6 Å². The summed E-state index contributed by atoms with van der Waals surface area (Å²) in [4.78, 5) is 23.8. The summed E-state index contributed by atoms with van der Waals surface area (Å²) in [6.45, 7) is 0.819. The van der Waals surface area contributed by atoms with Crippen molar-refractivity contribution in [1.82, 2.24) is 4.90 Å². The maximum atomic E-state index is 11.7. The fraction of sp³-hybridized carbons (Fsp3) is 0.846. The number of carbonyl (C=O) groups is 2. The molecule has 3 atom stereocenters. The minimum Gasteiger partial charge on any atom is -0.481 e. The molecule has 0 aromatic carbocycles. The lowest BCUT2D eigenvalue weighted by atomic mass is 9.88. The Kier molecular flexibility index (Phi) is 3.69. The Bertz CT molecular complexity index is 316. The zero-order valence-electron chi connectivity index (χ0n) is 10.4. The molecule has 0 radical (unpaired) electrons. The highest BCUT2D eigenvalue weighted by Gasteiger charge is 2.39. The third kappa shape index (κ3) is 2.99. The van der Waals surface area contributed by atoms with Gasteiger partial charge in [0.2, 0.25) is 5.91 Å². The van der Waals surface area contributed by atoms with Crippen molar-refractivity contribution >= 4 is 11.9 Å². The van der Waals surface area contributed by atoms with E-state index in [4.69, 9.17) is 5.11 Å². The third-order valence-corrected chi connectivity index (χ3v) is 4.37. The lowest BCUT2D eigenvalue weighted by Crippen LogP contribution is -2.33. The van der Waals surface area contributed by atoms with Crippen LogP contribution in [0.1, 0.15) is 38.5 Å². The van der Waals surface area contributed by atoms with Crippen LogP contribution in [0.5, 0.6) is 0 Å². The molecule has 4 heteroatoms. The first-order chi connectivity index (χ1) is 8.06. The number of rotatable bonds is 5. The normalized spacial score (nSPS) is 30.5. The number of fused-ring (bicyclic) bond motifs is 2. The van der Waals surface area contributed by atoms with E-state index in [2.05, 4.69) is 0 Å². The molecule has 0 heterocycles. The molecule has 1 amide bonds. The zero-order chi connectivity index (χ0) is 12.4. The summed E-state index contributed by atoms with van der Waals surface area (Å²) in [5.41, 5.74) is 0. The molecule has 2 rings (SSSR count). The molecule has 2 bridgehead atoms. The van der Waals surface area contributed by atoms with Gasteiger partial charge in [0.25, 0.3) is 0 Å². The number of aliphatic carboxylic acids is 1.